The molecule has 1 N–H and O–H groups in total. The predicted octanol–water partition coefficient (Wildman–Crippen LogP) is 4.15. The van der Waals surface area contributed by atoms with E-state index in [1.807, 2.05) is 36.4 Å². The maximum atomic E-state index is 13.2. The van der Waals surface area contributed by atoms with Crippen LogP contribution < -0.4 is 0 Å². The number of hydrogen-bond donors (Lipinski definition) is 1. The third-order valence-electron chi connectivity index (χ3n) is 4.39. The van der Waals surface area contributed by atoms with E-state index in [0.29, 0.717) is 21.6 Å². The molecule has 0 saturated carbocycles. The third-order valence-corrected chi connectivity index (χ3v) is 5.38. The van der Waals surface area contributed by atoms with Gasteiger partial charge in [-0.3, -0.25) is 0 Å². The van der Waals surface area contributed by atoms with Gasteiger partial charge in [0.05, 0.1) is 0 Å². The lowest BCUT2D eigenvalue weighted by Crippen LogP contribution is -2.18. The van der Waals surface area contributed by atoms with E-state index in [0.717, 1.165) is 16.7 Å². The third kappa shape index (κ3) is 2.81. The van der Waals surface area contributed by atoms with Crippen molar-refractivity contribution in [1.82, 2.24) is 19.7 Å². The van der Waals surface area contributed by atoms with Crippen molar-refractivity contribution >= 4 is 11.8 Å². The molecule has 0 saturated heterocycles. The highest BCUT2D eigenvalue weighted by molar-refractivity contribution is 7.99. The maximum absolute atomic E-state index is 13.2. The van der Waals surface area contributed by atoms with Crippen molar-refractivity contribution in [2.24, 2.45) is 0 Å². The van der Waals surface area contributed by atoms with Gasteiger partial charge >= 0.3 is 0 Å². The van der Waals surface area contributed by atoms with E-state index in [1.165, 1.54) is 28.6 Å². The molecule has 2 aromatic heterocycles. The molecule has 0 fully saturated rings. The van der Waals surface area contributed by atoms with Gasteiger partial charge in [0, 0.05) is 22.9 Å². The summed E-state index contributed by atoms with van der Waals surface area (Å²) in [6.07, 6.45) is 0.741. The normalized spacial score (nSPS) is 15.3. The number of rotatable bonds is 2. The molecule has 27 heavy (non-hydrogen) atoms. The van der Waals surface area contributed by atoms with Gasteiger partial charge in [0.25, 0.3) is 0 Å². The summed E-state index contributed by atoms with van der Waals surface area (Å²) in [7, 11) is 0. The molecule has 0 unspecified atom stereocenters. The van der Waals surface area contributed by atoms with Crippen LogP contribution in [0.4, 0.5) is 4.39 Å². The van der Waals surface area contributed by atoms with Crippen LogP contribution in [0.15, 0.2) is 77.0 Å². The molecule has 0 radical (unpaired) electrons. The molecule has 5 rings (SSSR count). The number of fused-ring (bicyclic) bond motifs is 2. The van der Waals surface area contributed by atoms with Gasteiger partial charge in [0.2, 0.25) is 0 Å². The fourth-order valence-corrected chi connectivity index (χ4v) is 3.93. The van der Waals surface area contributed by atoms with Crippen LogP contribution in [0.3, 0.4) is 0 Å². The molecular weight excluding hydrogens is 363 g/mol. The molecule has 4 aromatic rings. The van der Waals surface area contributed by atoms with E-state index in [9.17, 15) is 9.50 Å². The highest BCUT2D eigenvalue weighted by Gasteiger charge is 2.29. The average molecular weight is 376 g/mol. The minimum atomic E-state index is -0.978. The summed E-state index contributed by atoms with van der Waals surface area (Å²) in [5.41, 5.74) is 3.17. The lowest BCUT2D eigenvalue weighted by atomic mass is 10.1. The molecule has 7 heteroatoms. The highest BCUT2D eigenvalue weighted by Crippen LogP contribution is 2.40. The Bertz CT molecular complexity index is 1130. The van der Waals surface area contributed by atoms with Gasteiger partial charge in [-0.05, 0) is 35.5 Å². The number of aliphatic hydroxyl groups excluding tert-OH is 1. The first-order valence-electron chi connectivity index (χ1n) is 8.33. The minimum absolute atomic E-state index is 0.291. The fourth-order valence-electron chi connectivity index (χ4n) is 3.01. The zero-order chi connectivity index (χ0) is 18.4. The Hall–Kier alpha value is -3.03. The smallest absolute Gasteiger partial charge is 0.195 e. The Labute approximate surface area is 158 Å². The number of nitrogens with zero attached hydrogens (tertiary/aromatic N) is 4. The van der Waals surface area contributed by atoms with Crippen LogP contribution in [0, 0.1) is 5.82 Å². The molecule has 5 nitrogen and oxygen atoms in total. The molecule has 0 bridgehead atoms. The van der Waals surface area contributed by atoms with Crippen molar-refractivity contribution in [2.75, 3.05) is 0 Å². The average Bonchev–Trinajstić information content (AvgIpc) is 3.14. The quantitative estimate of drug-likeness (QED) is 0.569. The molecule has 2 aromatic carbocycles. The van der Waals surface area contributed by atoms with E-state index in [1.54, 1.807) is 18.3 Å². The standard InChI is InChI=1S/C20H13FN4OS/c21-15-8-6-12(7-9-15)14-10-16-18(22-11-14)27-20-23-17(24-25(20)19(16)26)13-4-2-1-3-5-13/h1-11,19,26H/t19-/m1/s1. The topological polar surface area (TPSA) is 63.8 Å². The zero-order valence-electron chi connectivity index (χ0n) is 14.0. The molecule has 0 aliphatic carbocycles. The molecule has 3 heterocycles. The summed E-state index contributed by atoms with van der Waals surface area (Å²) in [5.74, 6) is 0.268. The first-order valence-corrected chi connectivity index (χ1v) is 9.14. The summed E-state index contributed by atoms with van der Waals surface area (Å²) >= 11 is 1.37. The molecule has 132 valence electrons. The van der Waals surface area contributed by atoms with Crippen LogP contribution in [-0.2, 0) is 0 Å². The maximum Gasteiger partial charge on any atom is 0.195 e. The number of halogens is 1. The van der Waals surface area contributed by atoms with E-state index in [4.69, 9.17) is 0 Å². The van der Waals surface area contributed by atoms with Crippen molar-refractivity contribution in [1.29, 1.82) is 0 Å². The summed E-state index contributed by atoms with van der Waals surface area (Å²) < 4.78 is 14.7. The van der Waals surface area contributed by atoms with Crippen LogP contribution in [0.25, 0.3) is 22.5 Å². The van der Waals surface area contributed by atoms with Crippen LogP contribution in [0.2, 0.25) is 0 Å². The van der Waals surface area contributed by atoms with E-state index in [-0.39, 0.29) is 5.82 Å². The summed E-state index contributed by atoms with van der Waals surface area (Å²) in [5, 5.41) is 16.6. The first-order chi connectivity index (χ1) is 13.2. The van der Waals surface area contributed by atoms with Gasteiger partial charge < -0.3 is 5.11 Å². The molecule has 1 aliphatic rings. The molecule has 1 aliphatic heterocycles. The van der Waals surface area contributed by atoms with Crippen LogP contribution >= 0.6 is 11.8 Å². The van der Waals surface area contributed by atoms with E-state index < -0.39 is 6.23 Å². The Morgan fingerprint density at radius 3 is 2.52 bits per heavy atom. The number of aliphatic hydroxyl groups is 1. The molecule has 0 amide bonds. The monoisotopic (exact) mass is 376 g/mol. The van der Waals surface area contributed by atoms with Crippen molar-refractivity contribution in [3.8, 4) is 22.5 Å². The second-order valence-corrected chi connectivity index (χ2v) is 7.09. The number of benzene rings is 2. The fraction of sp³-hybridized carbons (Fsp3) is 0.0500. The summed E-state index contributed by atoms with van der Waals surface area (Å²) in [4.78, 5) is 9.01. The van der Waals surface area contributed by atoms with Crippen molar-refractivity contribution < 1.29 is 9.50 Å². The summed E-state index contributed by atoms with van der Waals surface area (Å²) in [6.45, 7) is 0. The first kappa shape index (κ1) is 16.2. The Balaban J connectivity index is 1.55. The summed E-state index contributed by atoms with van der Waals surface area (Å²) in [6, 6.07) is 17.7. The Morgan fingerprint density at radius 2 is 1.74 bits per heavy atom. The second kappa shape index (κ2) is 6.29. The van der Waals surface area contributed by atoms with Gasteiger partial charge in [-0.2, -0.15) is 0 Å². The van der Waals surface area contributed by atoms with Crippen molar-refractivity contribution in [2.45, 2.75) is 16.4 Å². The minimum Gasteiger partial charge on any atom is -0.368 e. The van der Waals surface area contributed by atoms with Crippen molar-refractivity contribution in [3.63, 3.8) is 0 Å². The van der Waals surface area contributed by atoms with Crippen molar-refractivity contribution in [3.05, 3.63) is 78.2 Å². The molecule has 1 atom stereocenters. The molecular formula is C20H13FN4OS. The SMILES string of the molecule is O[C@@H]1c2cc(-c3ccc(F)cc3)cnc2Sc2nc(-c3ccccc3)nn21. The lowest BCUT2D eigenvalue weighted by Gasteiger charge is -2.21. The van der Waals surface area contributed by atoms with Crippen LogP contribution in [0.5, 0.6) is 0 Å². The molecule has 0 spiro atoms. The van der Waals surface area contributed by atoms with E-state index in [2.05, 4.69) is 15.1 Å². The zero-order valence-corrected chi connectivity index (χ0v) is 14.8. The van der Waals surface area contributed by atoms with Gasteiger partial charge in [0.1, 0.15) is 10.8 Å². The largest absolute Gasteiger partial charge is 0.368 e. The Morgan fingerprint density at radius 1 is 0.963 bits per heavy atom. The highest BCUT2D eigenvalue weighted by atomic mass is 32.2. The van der Waals surface area contributed by atoms with Gasteiger partial charge in [-0.25, -0.2) is 19.0 Å². The number of pyridine rings is 1. The number of hydrogen-bond acceptors (Lipinski definition) is 5. The van der Waals surface area contributed by atoms with Gasteiger partial charge in [-0.15, -0.1) is 5.10 Å². The van der Waals surface area contributed by atoms with Gasteiger partial charge in [0.15, 0.2) is 17.2 Å². The van der Waals surface area contributed by atoms with Gasteiger partial charge in [-0.1, -0.05) is 42.5 Å². The van der Waals surface area contributed by atoms with Crippen LogP contribution in [-0.4, -0.2) is 24.9 Å². The number of aromatic nitrogens is 4. The lowest BCUT2D eigenvalue weighted by molar-refractivity contribution is 0.115. The van der Waals surface area contributed by atoms with Crippen LogP contribution in [0.1, 0.15) is 11.8 Å². The second-order valence-electron chi connectivity index (χ2n) is 6.13. The predicted molar refractivity (Wildman–Crippen MR) is 99.6 cm³/mol. The Kier molecular flexibility index (Phi) is 3.77. The van der Waals surface area contributed by atoms with E-state index >= 15 is 0 Å².